The van der Waals surface area contributed by atoms with Crippen LogP contribution in [0.25, 0.3) is 6.08 Å². The highest BCUT2D eigenvalue weighted by Crippen LogP contribution is 2.32. The van der Waals surface area contributed by atoms with Crippen LogP contribution in [0.15, 0.2) is 47.4 Å². The van der Waals surface area contributed by atoms with E-state index in [-0.39, 0.29) is 47.0 Å². The monoisotopic (exact) mass is 484 g/mol. The van der Waals surface area contributed by atoms with E-state index in [4.69, 9.17) is 32.7 Å². The Morgan fingerprint density at radius 2 is 1.58 bits per heavy atom. The molecule has 10 heteroatoms. The third-order valence-electron chi connectivity index (χ3n) is 4.89. The first kappa shape index (κ1) is 23.4. The molecule has 1 aliphatic rings. The molecular formula is C21H22Cl2N2O5S. The van der Waals surface area contributed by atoms with Gasteiger partial charge in [0, 0.05) is 32.3 Å². The summed E-state index contributed by atoms with van der Waals surface area (Å²) < 4.78 is 37.6. The zero-order valence-corrected chi connectivity index (χ0v) is 19.4. The fourth-order valence-electron chi connectivity index (χ4n) is 3.24. The second-order valence-corrected chi connectivity index (χ2v) is 9.42. The first-order chi connectivity index (χ1) is 14.8. The summed E-state index contributed by atoms with van der Waals surface area (Å²) in [7, 11) is -0.761. The SMILES string of the molecule is COc1ccc(/C=C/C(=O)N2CCN(S(=O)(=O)c3c(Cl)cccc3Cl)CC2)cc1OC. The molecular weight excluding hydrogens is 463 g/mol. The molecule has 0 unspecified atom stereocenters. The van der Waals surface area contributed by atoms with Gasteiger partial charge in [0.1, 0.15) is 4.90 Å². The van der Waals surface area contributed by atoms with Gasteiger partial charge in [-0.1, -0.05) is 35.3 Å². The lowest BCUT2D eigenvalue weighted by Gasteiger charge is -2.33. The van der Waals surface area contributed by atoms with Gasteiger partial charge in [-0.3, -0.25) is 4.79 Å². The molecule has 1 heterocycles. The number of carbonyl (C=O) groups is 1. The molecule has 2 aromatic rings. The first-order valence-electron chi connectivity index (χ1n) is 9.41. The summed E-state index contributed by atoms with van der Waals surface area (Å²) in [5.74, 6) is 0.957. The molecule has 0 N–H and O–H groups in total. The molecule has 0 saturated carbocycles. The highest BCUT2D eigenvalue weighted by atomic mass is 35.5. The van der Waals surface area contributed by atoms with Crippen molar-refractivity contribution in [2.45, 2.75) is 4.90 Å². The number of nitrogens with zero attached hydrogens (tertiary/aromatic N) is 2. The topological polar surface area (TPSA) is 76.2 Å². The Hall–Kier alpha value is -2.26. The molecule has 0 atom stereocenters. The van der Waals surface area contributed by atoms with Crippen molar-refractivity contribution in [3.8, 4) is 11.5 Å². The van der Waals surface area contributed by atoms with Crippen molar-refractivity contribution in [2.75, 3.05) is 40.4 Å². The average molecular weight is 485 g/mol. The van der Waals surface area contributed by atoms with Crippen LogP contribution in [-0.4, -0.2) is 63.9 Å². The van der Waals surface area contributed by atoms with Gasteiger partial charge in [0.25, 0.3) is 0 Å². The summed E-state index contributed by atoms with van der Waals surface area (Å²) in [6, 6.07) is 9.89. The molecule has 1 saturated heterocycles. The zero-order valence-electron chi connectivity index (χ0n) is 17.0. The smallest absolute Gasteiger partial charge is 0.246 e. The molecule has 2 aromatic carbocycles. The van der Waals surface area contributed by atoms with E-state index in [1.54, 1.807) is 43.4 Å². The third kappa shape index (κ3) is 5.15. The molecule has 0 aromatic heterocycles. The maximum absolute atomic E-state index is 12.9. The molecule has 7 nitrogen and oxygen atoms in total. The highest BCUT2D eigenvalue weighted by Gasteiger charge is 2.32. The molecule has 3 rings (SSSR count). The van der Waals surface area contributed by atoms with E-state index < -0.39 is 10.0 Å². The fourth-order valence-corrected chi connectivity index (χ4v) is 5.75. The van der Waals surface area contributed by atoms with E-state index in [9.17, 15) is 13.2 Å². The quantitative estimate of drug-likeness (QED) is 0.585. The number of amides is 1. The van der Waals surface area contributed by atoms with Crippen LogP contribution in [0.2, 0.25) is 10.0 Å². The van der Waals surface area contributed by atoms with Crippen LogP contribution in [0.3, 0.4) is 0 Å². The van der Waals surface area contributed by atoms with E-state index in [0.29, 0.717) is 11.5 Å². The van der Waals surface area contributed by atoms with Crippen molar-refractivity contribution >= 4 is 45.2 Å². The predicted octanol–water partition coefficient (Wildman–Crippen LogP) is 3.56. The van der Waals surface area contributed by atoms with Crippen molar-refractivity contribution in [3.63, 3.8) is 0 Å². The Balaban J connectivity index is 1.65. The van der Waals surface area contributed by atoms with Gasteiger partial charge in [0.15, 0.2) is 11.5 Å². The zero-order chi connectivity index (χ0) is 22.6. The standard InChI is InChI=1S/C21H22Cl2N2O5S/c1-29-18-8-6-15(14-19(18)30-2)7-9-20(26)24-10-12-25(13-11-24)31(27,28)21-16(22)4-3-5-17(21)23/h3-9,14H,10-13H2,1-2H3/b9-7+. The van der Waals surface area contributed by atoms with Gasteiger partial charge in [0.2, 0.25) is 15.9 Å². The maximum Gasteiger partial charge on any atom is 0.246 e. The molecule has 0 spiro atoms. The molecule has 1 fully saturated rings. The lowest BCUT2D eigenvalue weighted by atomic mass is 10.2. The number of methoxy groups -OCH3 is 2. The van der Waals surface area contributed by atoms with Crippen LogP contribution >= 0.6 is 23.2 Å². The minimum absolute atomic E-state index is 0.0730. The predicted molar refractivity (Wildman–Crippen MR) is 120 cm³/mol. The Labute approximate surface area is 191 Å². The number of carbonyl (C=O) groups excluding carboxylic acids is 1. The van der Waals surface area contributed by atoms with E-state index in [1.165, 1.54) is 22.5 Å². The van der Waals surface area contributed by atoms with Gasteiger partial charge < -0.3 is 14.4 Å². The molecule has 1 amide bonds. The molecule has 0 aliphatic carbocycles. The van der Waals surface area contributed by atoms with Gasteiger partial charge in [-0.15, -0.1) is 0 Å². The Kier molecular flexibility index (Phi) is 7.48. The Morgan fingerprint density at radius 1 is 0.968 bits per heavy atom. The summed E-state index contributed by atoms with van der Waals surface area (Å²) >= 11 is 12.1. The molecule has 1 aliphatic heterocycles. The summed E-state index contributed by atoms with van der Waals surface area (Å²) in [5.41, 5.74) is 0.778. The van der Waals surface area contributed by atoms with Crippen LogP contribution in [-0.2, 0) is 14.8 Å². The molecule has 166 valence electrons. The van der Waals surface area contributed by atoms with Gasteiger partial charge in [-0.05, 0) is 35.9 Å². The van der Waals surface area contributed by atoms with E-state index in [0.717, 1.165) is 5.56 Å². The minimum atomic E-state index is -3.85. The molecule has 0 bridgehead atoms. The number of hydrogen-bond acceptors (Lipinski definition) is 5. The maximum atomic E-state index is 12.9. The van der Waals surface area contributed by atoms with Crippen LogP contribution in [0.1, 0.15) is 5.56 Å². The molecule has 31 heavy (non-hydrogen) atoms. The van der Waals surface area contributed by atoms with E-state index in [1.807, 2.05) is 6.07 Å². The number of halogens is 2. The van der Waals surface area contributed by atoms with Crippen molar-refractivity contribution in [3.05, 3.63) is 58.1 Å². The fraction of sp³-hybridized carbons (Fsp3) is 0.286. The number of piperazine rings is 1. The van der Waals surface area contributed by atoms with Gasteiger partial charge >= 0.3 is 0 Å². The lowest BCUT2D eigenvalue weighted by molar-refractivity contribution is -0.127. The number of ether oxygens (including phenoxy) is 2. The second kappa shape index (κ2) is 9.91. The number of rotatable bonds is 6. The van der Waals surface area contributed by atoms with Crippen LogP contribution in [0.4, 0.5) is 0 Å². The highest BCUT2D eigenvalue weighted by molar-refractivity contribution is 7.89. The first-order valence-corrected chi connectivity index (χ1v) is 11.6. The van der Waals surface area contributed by atoms with Gasteiger partial charge in [-0.25, -0.2) is 8.42 Å². The largest absolute Gasteiger partial charge is 0.493 e. The summed E-state index contributed by atoms with van der Waals surface area (Å²) in [6.45, 7) is 0.826. The van der Waals surface area contributed by atoms with Crippen LogP contribution in [0, 0.1) is 0 Å². The number of hydrogen-bond donors (Lipinski definition) is 0. The van der Waals surface area contributed by atoms with Crippen molar-refractivity contribution in [1.82, 2.24) is 9.21 Å². The van der Waals surface area contributed by atoms with Crippen molar-refractivity contribution in [1.29, 1.82) is 0 Å². The molecule has 0 radical (unpaired) electrons. The lowest BCUT2D eigenvalue weighted by Crippen LogP contribution is -2.50. The summed E-state index contributed by atoms with van der Waals surface area (Å²) in [4.78, 5) is 14.0. The van der Waals surface area contributed by atoms with Crippen LogP contribution in [0.5, 0.6) is 11.5 Å². The average Bonchev–Trinajstić information content (AvgIpc) is 2.77. The number of benzene rings is 2. The summed E-state index contributed by atoms with van der Waals surface area (Å²) in [5, 5.41) is 0.146. The Bertz CT molecular complexity index is 1080. The Morgan fingerprint density at radius 3 is 2.16 bits per heavy atom. The second-order valence-electron chi connectivity index (χ2n) is 6.73. The third-order valence-corrected chi connectivity index (χ3v) is 7.75. The van der Waals surface area contributed by atoms with Gasteiger partial charge in [0.05, 0.1) is 24.3 Å². The van der Waals surface area contributed by atoms with Gasteiger partial charge in [-0.2, -0.15) is 4.31 Å². The van der Waals surface area contributed by atoms with Crippen molar-refractivity contribution in [2.24, 2.45) is 0 Å². The van der Waals surface area contributed by atoms with E-state index >= 15 is 0 Å². The minimum Gasteiger partial charge on any atom is -0.493 e. The summed E-state index contributed by atoms with van der Waals surface area (Å²) in [6.07, 6.45) is 3.13. The number of sulfonamides is 1. The van der Waals surface area contributed by atoms with E-state index in [2.05, 4.69) is 0 Å². The normalized spacial score (nSPS) is 15.3. The van der Waals surface area contributed by atoms with Crippen LogP contribution < -0.4 is 9.47 Å². The van der Waals surface area contributed by atoms with Crippen molar-refractivity contribution < 1.29 is 22.7 Å².